The van der Waals surface area contributed by atoms with Gasteiger partial charge in [0.25, 0.3) is 0 Å². The van der Waals surface area contributed by atoms with Crippen LogP contribution in [-0.2, 0) is 25.7 Å². The fraction of sp³-hybridized carbons (Fsp3) is 0.474. The summed E-state index contributed by atoms with van der Waals surface area (Å²) in [5, 5.41) is 21.7. The van der Waals surface area contributed by atoms with Crippen molar-refractivity contribution in [1.29, 1.82) is 0 Å². The van der Waals surface area contributed by atoms with Gasteiger partial charge in [-0.1, -0.05) is 70.7 Å². The highest BCUT2D eigenvalue weighted by Gasteiger charge is 2.38. The SMILES string of the molecule is CC(C)(C)[C@H](c1cc(-c2cc(F)ccc2F)cn1Cc1ccccc1)N(CC[C@H](NC(=O)OCC[Si](C)(C)C)C(=O)O)C(=O)CSCC[C@H](N)C(=O)O. The van der Waals surface area contributed by atoms with Crippen LogP contribution in [0.2, 0.25) is 25.7 Å². The average Bonchev–Trinajstić information content (AvgIpc) is 3.46. The van der Waals surface area contributed by atoms with Crippen molar-refractivity contribution >= 4 is 43.8 Å². The maximum absolute atomic E-state index is 15.2. The van der Waals surface area contributed by atoms with Crippen molar-refractivity contribution in [2.24, 2.45) is 11.1 Å². The van der Waals surface area contributed by atoms with Gasteiger partial charge in [-0.05, 0) is 59.9 Å². The molecule has 1 heterocycles. The smallest absolute Gasteiger partial charge is 0.407 e. The van der Waals surface area contributed by atoms with E-state index in [9.17, 15) is 33.8 Å². The second kappa shape index (κ2) is 19.2. The summed E-state index contributed by atoms with van der Waals surface area (Å²) >= 11 is 1.20. The molecule has 11 nitrogen and oxygen atoms in total. The highest BCUT2D eigenvalue weighted by atomic mass is 32.2. The van der Waals surface area contributed by atoms with Crippen LogP contribution in [0, 0.1) is 17.0 Å². The summed E-state index contributed by atoms with van der Waals surface area (Å²) in [6.07, 6.45) is 0.797. The number of nitrogens with one attached hydrogen (secondary N) is 1. The zero-order valence-corrected chi connectivity index (χ0v) is 33.1. The zero-order valence-electron chi connectivity index (χ0n) is 31.2. The Kier molecular flexibility index (Phi) is 15.7. The van der Waals surface area contributed by atoms with E-state index in [0.29, 0.717) is 23.8 Å². The van der Waals surface area contributed by atoms with E-state index in [1.54, 1.807) is 17.2 Å². The molecule has 0 saturated carbocycles. The lowest BCUT2D eigenvalue weighted by Gasteiger charge is -2.41. The fourth-order valence-corrected chi connectivity index (χ4v) is 7.36. The Hall–Kier alpha value is -4.21. The van der Waals surface area contributed by atoms with Crippen LogP contribution in [0.15, 0.2) is 60.8 Å². The molecule has 0 unspecified atom stereocenters. The Bertz CT molecular complexity index is 1710. The minimum Gasteiger partial charge on any atom is -0.480 e. The summed E-state index contributed by atoms with van der Waals surface area (Å²) in [6, 6.07) is 11.9. The molecule has 3 atom stereocenters. The van der Waals surface area contributed by atoms with Crippen molar-refractivity contribution in [3.8, 4) is 11.1 Å². The summed E-state index contributed by atoms with van der Waals surface area (Å²) in [5.41, 5.74) is 6.90. The molecule has 2 amide bonds. The molecule has 0 aliphatic rings. The van der Waals surface area contributed by atoms with Gasteiger partial charge in [-0.2, -0.15) is 11.8 Å². The molecule has 290 valence electrons. The molecular weight excluding hydrogens is 723 g/mol. The third kappa shape index (κ3) is 13.6. The molecule has 0 fully saturated rings. The third-order valence-corrected chi connectivity index (χ3v) is 11.2. The van der Waals surface area contributed by atoms with Gasteiger partial charge >= 0.3 is 18.0 Å². The molecule has 5 N–H and O–H groups in total. The van der Waals surface area contributed by atoms with Crippen LogP contribution in [0.5, 0.6) is 0 Å². The van der Waals surface area contributed by atoms with E-state index in [-0.39, 0.29) is 49.0 Å². The van der Waals surface area contributed by atoms with E-state index in [1.165, 1.54) is 11.8 Å². The molecule has 0 saturated heterocycles. The summed E-state index contributed by atoms with van der Waals surface area (Å²) < 4.78 is 36.7. The van der Waals surface area contributed by atoms with Gasteiger partial charge in [0.15, 0.2) is 0 Å². The Morgan fingerprint density at radius 3 is 2.28 bits per heavy atom. The van der Waals surface area contributed by atoms with Crippen LogP contribution < -0.4 is 11.1 Å². The van der Waals surface area contributed by atoms with E-state index < -0.39 is 61.3 Å². The molecule has 0 radical (unpaired) electrons. The van der Waals surface area contributed by atoms with Gasteiger partial charge in [-0.25, -0.2) is 18.4 Å². The number of carboxylic acids is 2. The summed E-state index contributed by atoms with van der Waals surface area (Å²) in [5.74, 6) is -3.86. The van der Waals surface area contributed by atoms with Gasteiger partial charge in [0, 0.05) is 44.2 Å². The molecule has 0 spiro atoms. The van der Waals surface area contributed by atoms with Crippen LogP contribution in [-0.4, -0.2) is 88.4 Å². The van der Waals surface area contributed by atoms with Crippen molar-refractivity contribution in [3.05, 3.63) is 83.7 Å². The second-order valence-corrected chi connectivity index (χ2v) is 22.0. The molecule has 0 bridgehead atoms. The number of alkyl carbamates (subject to hydrolysis) is 1. The van der Waals surface area contributed by atoms with E-state index in [2.05, 4.69) is 25.0 Å². The predicted octanol–water partition coefficient (Wildman–Crippen LogP) is 6.84. The number of carbonyl (C=O) groups excluding carboxylic acids is 2. The van der Waals surface area contributed by atoms with Gasteiger partial charge in [-0.3, -0.25) is 9.59 Å². The lowest BCUT2D eigenvalue weighted by atomic mass is 9.82. The van der Waals surface area contributed by atoms with E-state index in [1.807, 2.05) is 55.7 Å². The Labute approximate surface area is 315 Å². The number of halogens is 2. The van der Waals surface area contributed by atoms with Crippen molar-refractivity contribution in [1.82, 2.24) is 14.8 Å². The Morgan fingerprint density at radius 1 is 1.00 bits per heavy atom. The van der Waals surface area contributed by atoms with Crippen LogP contribution >= 0.6 is 11.8 Å². The summed E-state index contributed by atoms with van der Waals surface area (Å²) in [6.45, 7) is 12.5. The molecule has 15 heteroatoms. The average molecular weight is 775 g/mol. The molecule has 0 aliphatic heterocycles. The first-order valence-corrected chi connectivity index (χ1v) is 22.3. The number of carbonyl (C=O) groups is 4. The molecule has 3 rings (SSSR count). The topological polar surface area (TPSA) is 164 Å². The monoisotopic (exact) mass is 774 g/mol. The number of thioether (sulfide) groups is 1. The number of nitrogens with two attached hydrogens (primary N) is 1. The highest BCUT2D eigenvalue weighted by molar-refractivity contribution is 7.99. The van der Waals surface area contributed by atoms with Crippen molar-refractivity contribution in [2.45, 2.75) is 84.0 Å². The van der Waals surface area contributed by atoms with Gasteiger partial charge in [0.1, 0.15) is 23.7 Å². The van der Waals surface area contributed by atoms with Crippen LogP contribution in [0.1, 0.15) is 50.9 Å². The molecule has 1 aromatic heterocycles. The predicted molar refractivity (Wildman–Crippen MR) is 205 cm³/mol. The maximum Gasteiger partial charge on any atom is 0.407 e. The number of nitrogens with zero attached hydrogens (tertiary/aromatic N) is 2. The van der Waals surface area contributed by atoms with Crippen molar-refractivity contribution < 1.29 is 42.9 Å². The first-order chi connectivity index (χ1) is 24.8. The number of aliphatic carboxylic acids is 2. The maximum atomic E-state index is 15.2. The standard InChI is InChI=1S/C38H52F2N4O7SSi/c1-38(2,3)34(32-20-26(28-21-27(39)12-13-29(28)40)23-43(32)22-25-10-8-7-9-11-25)44(33(45)24-52-18-15-30(41)35(46)47)16-14-31(36(48)49)42-37(50)51-17-19-53(4,5)6/h7-13,20-21,23,30-31,34H,14-19,22,24,41H2,1-6H3,(H,42,50)(H,46,47)(H,48,49)/t30-,31-,34-/m0/s1. The largest absolute Gasteiger partial charge is 0.480 e. The number of hydrogen-bond acceptors (Lipinski definition) is 7. The van der Waals surface area contributed by atoms with Gasteiger partial charge in [0.2, 0.25) is 5.91 Å². The third-order valence-electron chi connectivity index (χ3n) is 8.55. The van der Waals surface area contributed by atoms with E-state index >= 15 is 4.39 Å². The fourth-order valence-electron chi connectivity index (χ4n) is 5.75. The quantitative estimate of drug-likeness (QED) is 0.0754. The number of ether oxygens (including phenoxy) is 1. The first kappa shape index (κ1) is 43.2. The first-order valence-electron chi connectivity index (χ1n) is 17.5. The van der Waals surface area contributed by atoms with E-state index in [0.717, 1.165) is 23.8 Å². The number of benzene rings is 2. The normalized spacial score (nSPS) is 13.5. The highest BCUT2D eigenvalue weighted by Crippen LogP contribution is 2.41. The molecule has 2 aromatic carbocycles. The minimum atomic E-state index is -1.52. The van der Waals surface area contributed by atoms with Crippen LogP contribution in [0.4, 0.5) is 13.6 Å². The Balaban J connectivity index is 2.06. The van der Waals surface area contributed by atoms with Crippen molar-refractivity contribution in [3.63, 3.8) is 0 Å². The molecule has 0 aliphatic carbocycles. The number of hydrogen-bond donors (Lipinski definition) is 4. The zero-order chi connectivity index (χ0) is 39.5. The number of rotatable bonds is 19. The lowest BCUT2D eigenvalue weighted by molar-refractivity contribution is -0.141. The minimum absolute atomic E-state index is 0.0386. The lowest BCUT2D eigenvalue weighted by Crippen LogP contribution is -2.47. The molecule has 53 heavy (non-hydrogen) atoms. The van der Waals surface area contributed by atoms with Gasteiger partial charge < -0.3 is 35.5 Å². The number of aromatic nitrogens is 1. The number of amides is 2. The summed E-state index contributed by atoms with van der Waals surface area (Å²) in [4.78, 5) is 52.1. The van der Waals surface area contributed by atoms with Gasteiger partial charge in [-0.15, -0.1) is 0 Å². The molecule has 3 aromatic rings. The van der Waals surface area contributed by atoms with Crippen LogP contribution in [0.3, 0.4) is 0 Å². The molecular formula is C38H52F2N4O7SSi. The van der Waals surface area contributed by atoms with E-state index in [4.69, 9.17) is 10.5 Å². The second-order valence-electron chi connectivity index (χ2n) is 15.3. The summed E-state index contributed by atoms with van der Waals surface area (Å²) in [7, 11) is -1.52. The van der Waals surface area contributed by atoms with Crippen LogP contribution in [0.25, 0.3) is 11.1 Å². The number of carboxylic acid groups (broad SMARTS) is 2. The Morgan fingerprint density at radius 2 is 1.68 bits per heavy atom. The van der Waals surface area contributed by atoms with Gasteiger partial charge in [0.05, 0.1) is 18.4 Å². The van der Waals surface area contributed by atoms with Crippen molar-refractivity contribution in [2.75, 3.05) is 24.7 Å².